The number of anilines is 1. The summed E-state index contributed by atoms with van der Waals surface area (Å²) in [6.07, 6.45) is 1.73. The summed E-state index contributed by atoms with van der Waals surface area (Å²) in [4.78, 5) is 48.2. The Balaban J connectivity index is 1.75. The quantitative estimate of drug-likeness (QED) is 0.441. The first-order valence-corrected chi connectivity index (χ1v) is 10.4. The van der Waals surface area contributed by atoms with Crippen molar-refractivity contribution in [3.63, 3.8) is 0 Å². The summed E-state index contributed by atoms with van der Waals surface area (Å²) < 4.78 is 10.1. The first kappa shape index (κ1) is 23.1. The van der Waals surface area contributed by atoms with Crippen LogP contribution in [0.2, 0.25) is 0 Å². The highest BCUT2D eigenvalue weighted by Gasteiger charge is 2.19. The van der Waals surface area contributed by atoms with Gasteiger partial charge in [-0.25, -0.2) is 9.59 Å². The van der Waals surface area contributed by atoms with Crippen LogP contribution in [0.3, 0.4) is 0 Å². The predicted octanol–water partition coefficient (Wildman–Crippen LogP) is 3.01. The van der Waals surface area contributed by atoms with Crippen LogP contribution in [0, 0.1) is 0 Å². The van der Waals surface area contributed by atoms with E-state index >= 15 is 0 Å². The molecule has 1 aromatic carbocycles. The maximum Gasteiger partial charge on any atom is 0.338 e. The van der Waals surface area contributed by atoms with E-state index < -0.39 is 30.5 Å². The van der Waals surface area contributed by atoms with Crippen molar-refractivity contribution in [2.75, 3.05) is 18.5 Å². The number of nitrogens with one attached hydrogen (secondary N) is 2. The van der Waals surface area contributed by atoms with Crippen LogP contribution in [0.5, 0.6) is 0 Å². The Labute approximate surface area is 178 Å². The van der Waals surface area contributed by atoms with Gasteiger partial charge in [0.1, 0.15) is 6.04 Å². The summed E-state index contributed by atoms with van der Waals surface area (Å²) in [5, 5.41) is 6.83. The Kier molecular flexibility index (Phi) is 9.02. The van der Waals surface area contributed by atoms with Gasteiger partial charge in [-0.15, -0.1) is 11.3 Å². The molecule has 2 rings (SSSR count). The second-order valence-corrected chi connectivity index (χ2v) is 7.34. The first-order valence-electron chi connectivity index (χ1n) is 9.48. The fourth-order valence-corrected chi connectivity index (χ4v) is 2.90. The molecular weight excluding hydrogens is 408 g/mol. The number of thiophene rings is 1. The van der Waals surface area contributed by atoms with E-state index in [2.05, 4.69) is 10.6 Å². The molecule has 160 valence electrons. The van der Waals surface area contributed by atoms with E-state index in [9.17, 15) is 19.2 Å². The van der Waals surface area contributed by atoms with Crippen LogP contribution in [0.4, 0.5) is 5.69 Å². The minimum absolute atomic E-state index is 0.366. The van der Waals surface area contributed by atoms with Gasteiger partial charge in [-0.3, -0.25) is 9.59 Å². The second-order valence-electron chi connectivity index (χ2n) is 6.40. The zero-order valence-electron chi connectivity index (χ0n) is 16.8. The molecule has 1 unspecified atom stereocenters. The van der Waals surface area contributed by atoms with Crippen molar-refractivity contribution in [2.45, 2.75) is 32.7 Å². The van der Waals surface area contributed by atoms with E-state index in [0.717, 1.165) is 12.8 Å². The van der Waals surface area contributed by atoms with Crippen molar-refractivity contribution < 1.29 is 28.7 Å². The topological polar surface area (TPSA) is 111 Å². The fourth-order valence-electron chi connectivity index (χ4n) is 2.28. The monoisotopic (exact) mass is 432 g/mol. The Bertz CT molecular complexity index is 864. The van der Waals surface area contributed by atoms with Crippen LogP contribution in [-0.2, 0) is 19.1 Å². The minimum Gasteiger partial charge on any atom is -0.462 e. The number of hydrogen-bond donors (Lipinski definition) is 2. The molecule has 0 aliphatic rings. The van der Waals surface area contributed by atoms with Crippen LogP contribution < -0.4 is 10.6 Å². The lowest BCUT2D eigenvalue weighted by molar-refractivity contribution is -0.148. The Morgan fingerprint density at radius 1 is 1.07 bits per heavy atom. The summed E-state index contributed by atoms with van der Waals surface area (Å²) >= 11 is 1.25. The third-order valence-corrected chi connectivity index (χ3v) is 4.80. The number of rotatable bonds is 10. The molecule has 2 N–H and O–H groups in total. The molecule has 2 aromatic rings. The summed E-state index contributed by atoms with van der Waals surface area (Å²) in [6.45, 7) is 3.35. The van der Waals surface area contributed by atoms with Crippen molar-refractivity contribution in [1.29, 1.82) is 0 Å². The largest absolute Gasteiger partial charge is 0.462 e. The van der Waals surface area contributed by atoms with Crippen molar-refractivity contribution in [1.82, 2.24) is 5.32 Å². The highest BCUT2D eigenvalue weighted by atomic mass is 32.1. The average molecular weight is 432 g/mol. The molecule has 2 amide bonds. The zero-order chi connectivity index (χ0) is 21.9. The molecule has 9 heteroatoms. The lowest BCUT2D eigenvalue weighted by atomic mass is 10.2. The highest BCUT2D eigenvalue weighted by molar-refractivity contribution is 7.12. The molecular formula is C21H24N2O6S. The van der Waals surface area contributed by atoms with Crippen molar-refractivity contribution in [3.05, 3.63) is 52.2 Å². The third kappa shape index (κ3) is 7.32. The average Bonchev–Trinajstić information content (AvgIpc) is 3.27. The molecule has 0 saturated carbocycles. The van der Waals surface area contributed by atoms with Crippen LogP contribution in [0.25, 0.3) is 0 Å². The number of amides is 2. The van der Waals surface area contributed by atoms with Crippen molar-refractivity contribution in [3.8, 4) is 0 Å². The molecule has 30 heavy (non-hydrogen) atoms. The van der Waals surface area contributed by atoms with E-state index in [1.165, 1.54) is 30.4 Å². The van der Waals surface area contributed by atoms with Crippen LogP contribution in [0.15, 0.2) is 41.8 Å². The first-order chi connectivity index (χ1) is 14.4. The smallest absolute Gasteiger partial charge is 0.338 e. The predicted molar refractivity (Wildman–Crippen MR) is 112 cm³/mol. The van der Waals surface area contributed by atoms with Gasteiger partial charge in [0.15, 0.2) is 6.61 Å². The van der Waals surface area contributed by atoms with Crippen LogP contribution >= 0.6 is 11.3 Å². The Morgan fingerprint density at radius 2 is 1.80 bits per heavy atom. The van der Waals surface area contributed by atoms with Gasteiger partial charge >= 0.3 is 11.9 Å². The highest BCUT2D eigenvalue weighted by Crippen LogP contribution is 2.11. The molecule has 0 radical (unpaired) electrons. The number of unbranched alkanes of at least 4 members (excludes halogenated alkanes) is 1. The minimum atomic E-state index is -0.898. The van der Waals surface area contributed by atoms with Gasteiger partial charge in [0.2, 0.25) is 0 Å². The number of esters is 2. The van der Waals surface area contributed by atoms with Gasteiger partial charge in [0, 0.05) is 5.69 Å². The van der Waals surface area contributed by atoms with E-state index in [4.69, 9.17) is 9.47 Å². The lowest BCUT2D eigenvalue weighted by Gasteiger charge is -2.13. The number of benzene rings is 1. The third-order valence-electron chi connectivity index (χ3n) is 3.93. The molecule has 1 aromatic heterocycles. The molecule has 0 aliphatic carbocycles. The van der Waals surface area contributed by atoms with Crippen molar-refractivity contribution in [2.24, 2.45) is 0 Å². The molecule has 1 heterocycles. The fraction of sp³-hybridized carbons (Fsp3) is 0.333. The maximum atomic E-state index is 12.0. The maximum absolute atomic E-state index is 12.0. The molecule has 0 aliphatic heterocycles. The number of hydrogen-bond acceptors (Lipinski definition) is 7. The summed E-state index contributed by atoms with van der Waals surface area (Å²) in [5.74, 6) is -2.07. The number of ether oxygens (including phenoxy) is 2. The molecule has 8 nitrogen and oxygen atoms in total. The molecule has 0 bridgehead atoms. The van der Waals surface area contributed by atoms with Gasteiger partial charge in [0.05, 0.1) is 17.0 Å². The van der Waals surface area contributed by atoms with Gasteiger partial charge in [-0.1, -0.05) is 19.4 Å². The van der Waals surface area contributed by atoms with Gasteiger partial charge in [-0.2, -0.15) is 0 Å². The second kappa shape index (κ2) is 11.7. The summed E-state index contributed by atoms with van der Waals surface area (Å²) in [6, 6.07) is 8.66. The number of carbonyl (C=O) groups is 4. The van der Waals surface area contributed by atoms with Gasteiger partial charge < -0.3 is 20.1 Å². The van der Waals surface area contributed by atoms with Crippen LogP contribution in [-0.4, -0.2) is 43.0 Å². The van der Waals surface area contributed by atoms with E-state index in [1.54, 1.807) is 29.6 Å². The lowest BCUT2D eigenvalue weighted by Crippen LogP contribution is -2.40. The van der Waals surface area contributed by atoms with E-state index in [1.807, 2.05) is 6.92 Å². The normalized spacial score (nSPS) is 11.3. The molecule has 0 spiro atoms. The zero-order valence-corrected chi connectivity index (χ0v) is 17.6. The van der Waals surface area contributed by atoms with Gasteiger partial charge in [-0.05, 0) is 49.1 Å². The standard InChI is InChI=1S/C21H24N2O6S/c1-3-4-11-28-21(27)15-7-9-16(10-8-15)23-18(24)13-29-20(26)14(2)22-19(25)17-6-5-12-30-17/h5-10,12,14H,3-4,11,13H2,1-2H3,(H,22,25)(H,23,24). The number of carbonyl (C=O) groups excluding carboxylic acids is 4. The Morgan fingerprint density at radius 3 is 2.43 bits per heavy atom. The summed E-state index contributed by atoms with van der Waals surface area (Å²) in [7, 11) is 0. The van der Waals surface area contributed by atoms with Gasteiger partial charge in [0.25, 0.3) is 11.8 Å². The van der Waals surface area contributed by atoms with Crippen molar-refractivity contribution >= 4 is 40.8 Å². The summed E-state index contributed by atoms with van der Waals surface area (Å²) in [5.41, 5.74) is 0.825. The SMILES string of the molecule is CCCCOC(=O)c1ccc(NC(=O)COC(=O)C(C)NC(=O)c2cccs2)cc1. The van der Waals surface area contributed by atoms with E-state index in [0.29, 0.717) is 22.7 Å². The van der Waals surface area contributed by atoms with E-state index in [-0.39, 0.29) is 5.91 Å². The Hall–Kier alpha value is -3.20. The molecule has 0 saturated heterocycles. The molecule has 0 fully saturated rings. The molecule has 1 atom stereocenters. The van der Waals surface area contributed by atoms with Crippen LogP contribution in [0.1, 0.15) is 46.7 Å².